The number of rotatable bonds is 3. The molecular weight excluding hydrogens is 256 g/mol. The number of benzene rings is 1. The molecule has 0 unspecified atom stereocenters. The molecule has 0 saturated heterocycles. The summed E-state index contributed by atoms with van der Waals surface area (Å²) < 4.78 is 11.9. The zero-order chi connectivity index (χ0) is 10.7. The molecule has 0 aliphatic heterocycles. The minimum Gasteiger partial charge on any atom is -0.493 e. The number of ether oxygens (including phenoxy) is 1. The van der Waals surface area contributed by atoms with Gasteiger partial charge in [-0.2, -0.15) is 0 Å². The third-order valence-corrected chi connectivity index (χ3v) is 2.70. The van der Waals surface area contributed by atoms with Crippen LogP contribution in [-0.2, 0) is 0 Å². The standard InChI is InChI=1S/C12H11BrO2/c1-2-14-10-6-3-5-9(13)12(10)11-7-4-8-15-11/h3-8H,2H2,1H3. The molecule has 0 radical (unpaired) electrons. The third kappa shape index (κ3) is 2.07. The lowest BCUT2D eigenvalue weighted by molar-refractivity contribution is 0.340. The zero-order valence-corrected chi connectivity index (χ0v) is 9.95. The Bertz CT molecular complexity index is 435. The fraction of sp³-hybridized carbons (Fsp3) is 0.167. The SMILES string of the molecule is CCOc1cccc(Br)c1-c1ccco1. The Hall–Kier alpha value is -1.22. The first kappa shape index (κ1) is 10.3. The maximum absolute atomic E-state index is 5.55. The summed E-state index contributed by atoms with van der Waals surface area (Å²) in [4.78, 5) is 0. The predicted molar refractivity (Wildman–Crippen MR) is 63.0 cm³/mol. The summed E-state index contributed by atoms with van der Waals surface area (Å²) in [5.74, 6) is 1.65. The van der Waals surface area contributed by atoms with E-state index in [1.165, 1.54) is 0 Å². The average Bonchev–Trinajstić information content (AvgIpc) is 2.71. The van der Waals surface area contributed by atoms with Gasteiger partial charge in [0.05, 0.1) is 18.4 Å². The highest BCUT2D eigenvalue weighted by Gasteiger charge is 2.11. The van der Waals surface area contributed by atoms with Crippen LogP contribution < -0.4 is 4.74 Å². The molecule has 1 aromatic carbocycles. The highest BCUT2D eigenvalue weighted by molar-refractivity contribution is 9.10. The van der Waals surface area contributed by atoms with Crippen molar-refractivity contribution in [3.05, 3.63) is 41.1 Å². The summed E-state index contributed by atoms with van der Waals surface area (Å²) in [5.41, 5.74) is 0.962. The average molecular weight is 267 g/mol. The molecule has 0 amide bonds. The van der Waals surface area contributed by atoms with E-state index in [1.54, 1.807) is 6.26 Å². The Morgan fingerprint density at radius 2 is 2.13 bits per heavy atom. The Morgan fingerprint density at radius 1 is 1.27 bits per heavy atom. The minimum absolute atomic E-state index is 0.643. The highest BCUT2D eigenvalue weighted by atomic mass is 79.9. The molecule has 0 saturated carbocycles. The first-order valence-corrected chi connectivity index (χ1v) is 5.57. The maximum Gasteiger partial charge on any atom is 0.138 e. The van der Waals surface area contributed by atoms with E-state index in [-0.39, 0.29) is 0 Å². The zero-order valence-electron chi connectivity index (χ0n) is 8.37. The number of halogens is 1. The Balaban J connectivity index is 2.52. The van der Waals surface area contributed by atoms with Crippen LogP contribution in [0, 0.1) is 0 Å². The first-order valence-electron chi connectivity index (χ1n) is 4.78. The van der Waals surface area contributed by atoms with E-state index < -0.39 is 0 Å². The van der Waals surface area contributed by atoms with E-state index in [4.69, 9.17) is 9.15 Å². The van der Waals surface area contributed by atoms with Crippen LogP contribution in [0.15, 0.2) is 45.5 Å². The van der Waals surface area contributed by atoms with Gasteiger partial charge >= 0.3 is 0 Å². The fourth-order valence-corrected chi connectivity index (χ4v) is 1.98. The number of hydrogen-bond donors (Lipinski definition) is 0. The Morgan fingerprint density at radius 3 is 2.80 bits per heavy atom. The van der Waals surface area contributed by atoms with Gasteiger partial charge in [-0.05, 0) is 47.1 Å². The number of furan rings is 1. The quantitative estimate of drug-likeness (QED) is 0.835. The molecule has 0 aliphatic carbocycles. The summed E-state index contributed by atoms with van der Waals surface area (Å²) in [6, 6.07) is 9.64. The molecule has 0 aliphatic rings. The molecule has 0 spiro atoms. The van der Waals surface area contributed by atoms with Crippen molar-refractivity contribution in [2.45, 2.75) is 6.92 Å². The van der Waals surface area contributed by atoms with Gasteiger partial charge in [0.2, 0.25) is 0 Å². The van der Waals surface area contributed by atoms with E-state index >= 15 is 0 Å². The molecule has 0 atom stereocenters. The van der Waals surface area contributed by atoms with Gasteiger partial charge < -0.3 is 9.15 Å². The van der Waals surface area contributed by atoms with E-state index in [0.717, 1.165) is 21.5 Å². The normalized spacial score (nSPS) is 10.3. The van der Waals surface area contributed by atoms with Crippen molar-refractivity contribution >= 4 is 15.9 Å². The smallest absolute Gasteiger partial charge is 0.138 e. The van der Waals surface area contributed by atoms with Gasteiger partial charge in [0.25, 0.3) is 0 Å². The van der Waals surface area contributed by atoms with Crippen molar-refractivity contribution in [2.75, 3.05) is 6.61 Å². The van der Waals surface area contributed by atoms with Gasteiger partial charge in [-0.1, -0.05) is 6.07 Å². The third-order valence-electron chi connectivity index (χ3n) is 2.04. The van der Waals surface area contributed by atoms with Gasteiger partial charge in [-0.15, -0.1) is 0 Å². The maximum atomic E-state index is 5.55. The highest BCUT2D eigenvalue weighted by Crippen LogP contribution is 2.36. The largest absolute Gasteiger partial charge is 0.493 e. The second kappa shape index (κ2) is 4.53. The molecular formula is C12H11BrO2. The van der Waals surface area contributed by atoms with Crippen molar-refractivity contribution in [1.29, 1.82) is 0 Å². The van der Waals surface area contributed by atoms with Gasteiger partial charge in [0, 0.05) is 4.47 Å². The van der Waals surface area contributed by atoms with Crippen molar-refractivity contribution < 1.29 is 9.15 Å². The molecule has 1 heterocycles. The lowest BCUT2D eigenvalue weighted by Gasteiger charge is -2.09. The number of hydrogen-bond acceptors (Lipinski definition) is 2. The molecule has 2 nitrogen and oxygen atoms in total. The van der Waals surface area contributed by atoms with Gasteiger partial charge in [0.15, 0.2) is 0 Å². The lowest BCUT2D eigenvalue weighted by Crippen LogP contribution is -1.94. The molecule has 0 bridgehead atoms. The summed E-state index contributed by atoms with van der Waals surface area (Å²) in [5, 5.41) is 0. The van der Waals surface area contributed by atoms with Crippen LogP contribution in [0.1, 0.15) is 6.92 Å². The van der Waals surface area contributed by atoms with Gasteiger partial charge in [-0.25, -0.2) is 0 Å². The topological polar surface area (TPSA) is 22.4 Å². The second-order valence-electron chi connectivity index (χ2n) is 3.02. The van der Waals surface area contributed by atoms with Crippen molar-refractivity contribution in [3.63, 3.8) is 0 Å². The van der Waals surface area contributed by atoms with Crippen LogP contribution in [0.25, 0.3) is 11.3 Å². The summed E-state index contributed by atoms with van der Waals surface area (Å²) in [7, 11) is 0. The summed E-state index contributed by atoms with van der Waals surface area (Å²) in [6.07, 6.45) is 1.66. The second-order valence-corrected chi connectivity index (χ2v) is 3.88. The summed E-state index contributed by atoms with van der Waals surface area (Å²) >= 11 is 3.50. The van der Waals surface area contributed by atoms with E-state index in [0.29, 0.717) is 6.61 Å². The molecule has 78 valence electrons. The predicted octanol–water partition coefficient (Wildman–Crippen LogP) is 4.11. The van der Waals surface area contributed by atoms with Crippen LogP contribution >= 0.6 is 15.9 Å². The first-order chi connectivity index (χ1) is 7.33. The molecule has 0 N–H and O–H groups in total. The summed E-state index contributed by atoms with van der Waals surface area (Å²) in [6.45, 7) is 2.61. The lowest BCUT2D eigenvalue weighted by atomic mass is 10.1. The molecule has 3 heteroatoms. The van der Waals surface area contributed by atoms with Gasteiger partial charge in [-0.3, -0.25) is 0 Å². The van der Waals surface area contributed by atoms with Crippen LogP contribution in [0.5, 0.6) is 5.75 Å². The monoisotopic (exact) mass is 266 g/mol. The molecule has 0 fully saturated rings. The van der Waals surface area contributed by atoms with Crippen LogP contribution in [-0.4, -0.2) is 6.61 Å². The van der Waals surface area contributed by atoms with E-state index in [9.17, 15) is 0 Å². The van der Waals surface area contributed by atoms with E-state index in [1.807, 2.05) is 37.3 Å². The van der Waals surface area contributed by atoms with Gasteiger partial charge in [0.1, 0.15) is 11.5 Å². The Kier molecular flexibility index (Phi) is 3.11. The van der Waals surface area contributed by atoms with Crippen LogP contribution in [0.4, 0.5) is 0 Å². The Labute approximate surface area is 97.0 Å². The molecule has 2 rings (SSSR count). The minimum atomic E-state index is 0.643. The van der Waals surface area contributed by atoms with Crippen molar-refractivity contribution in [2.24, 2.45) is 0 Å². The molecule has 1 aromatic heterocycles. The van der Waals surface area contributed by atoms with E-state index in [2.05, 4.69) is 15.9 Å². The van der Waals surface area contributed by atoms with Crippen LogP contribution in [0.3, 0.4) is 0 Å². The van der Waals surface area contributed by atoms with Crippen molar-refractivity contribution in [3.8, 4) is 17.1 Å². The fourth-order valence-electron chi connectivity index (χ4n) is 1.44. The van der Waals surface area contributed by atoms with Crippen LogP contribution in [0.2, 0.25) is 0 Å². The van der Waals surface area contributed by atoms with Crippen molar-refractivity contribution in [1.82, 2.24) is 0 Å². The molecule has 2 aromatic rings. The molecule has 15 heavy (non-hydrogen) atoms.